The Morgan fingerprint density at radius 3 is 3.10 bits per heavy atom. The summed E-state index contributed by atoms with van der Waals surface area (Å²) in [5, 5.41) is 0.611. The number of ketones is 1. The first-order valence-corrected chi connectivity index (χ1v) is 8.83. The Hall–Kier alpha value is -1.01. The fraction of sp³-hybridized carbons (Fsp3) is 0.467. The molecule has 1 aromatic carbocycles. The number of amidine groups is 1. The number of thioether (sulfide) groups is 1. The Morgan fingerprint density at radius 1 is 1.48 bits per heavy atom. The van der Waals surface area contributed by atoms with Crippen LogP contribution >= 0.6 is 27.7 Å². The third kappa shape index (κ3) is 2.03. The van der Waals surface area contributed by atoms with Gasteiger partial charge in [-0.05, 0) is 24.6 Å². The van der Waals surface area contributed by atoms with Crippen LogP contribution in [0.15, 0.2) is 27.7 Å². The van der Waals surface area contributed by atoms with E-state index in [1.807, 2.05) is 12.1 Å². The molecule has 1 saturated carbocycles. The number of Topliss-reactive ketones (excluding diaryl/α,β-unsaturated/α-hetero) is 1. The number of nitrogens with zero attached hydrogens (tertiary/aromatic N) is 1. The van der Waals surface area contributed by atoms with E-state index >= 15 is 0 Å². The van der Waals surface area contributed by atoms with Crippen LogP contribution in [0.25, 0.3) is 0 Å². The number of hydrogen-bond donors (Lipinski definition) is 1. The maximum absolute atomic E-state index is 12.0. The van der Waals surface area contributed by atoms with Crippen LogP contribution in [-0.2, 0) is 10.3 Å². The molecule has 0 bridgehead atoms. The summed E-state index contributed by atoms with van der Waals surface area (Å²) in [7, 11) is 0. The van der Waals surface area contributed by atoms with Crippen molar-refractivity contribution in [2.24, 2.45) is 16.6 Å². The average molecular weight is 367 g/mol. The third-order valence-electron chi connectivity index (χ3n) is 4.65. The van der Waals surface area contributed by atoms with Crippen molar-refractivity contribution in [2.75, 3.05) is 5.75 Å². The lowest BCUT2D eigenvalue weighted by atomic mass is 9.68. The van der Waals surface area contributed by atoms with E-state index in [-0.39, 0.29) is 12.0 Å². The van der Waals surface area contributed by atoms with Gasteiger partial charge in [0.25, 0.3) is 0 Å². The summed E-state index contributed by atoms with van der Waals surface area (Å²) < 4.78 is 7.16. The summed E-state index contributed by atoms with van der Waals surface area (Å²) in [6, 6.07) is 6.03. The Labute approximate surface area is 135 Å². The molecule has 0 amide bonds. The molecule has 0 aromatic heterocycles. The first-order chi connectivity index (χ1) is 10.1. The smallest absolute Gasteiger partial charge is 0.154 e. The van der Waals surface area contributed by atoms with E-state index in [9.17, 15) is 4.79 Å². The lowest BCUT2D eigenvalue weighted by molar-refractivity contribution is -0.126. The number of carbonyl (C=O) groups excluding carboxylic acids is 1. The molecule has 6 heteroatoms. The largest absolute Gasteiger partial charge is 0.490 e. The van der Waals surface area contributed by atoms with Gasteiger partial charge >= 0.3 is 0 Å². The van der Waals surface area contributed by atoms with Crippen molar-refractivity contribution >= 4 is 38.6 Å². The van der Waals surface area contributed by atoms with E-state index < -0.39 is 5.54 Å². The van der Waals surface area contributed by atoms with Gasteiger partial charge in [0, 0.05) is 34.5 Å². The molecule has 2 aliphatic heterocycles. The van der Waals surface area contributed by atoms with E-state index in [0.29, 0.717) is 23.8 Å². The van der Waals surface area contributed by atoms with E-state index in [0.717, 1.165) is 28.0 Å². The molecule has 3 atom stereocenters. The molecule has 0 radical (unpaired) electrons. The van der Waals surface area contributed by atoms with E-state index in [1.54, 1.807) is 11.8 Å². The molecule has 1 spiro atoms. The number of ether oxygens (including phenoxy) is 1. The predicted octanol–water partition coefficient (Wildman–Crippen LogP) is 2.84. The first kappa shape index (κ1) is 13.6. The first-order valence-electron chi connectivity index (χ1n) is 7.05. The summed E-state index contributed by atoms with van der Waals surface area (Å²) in [5.41, 5.74) is 6.61. The molecule has 1 fully saturated rings. The van der Waals surface area contributed by atoms with Gasteiger partial charge < -0.3 is 10.5 Å². The summed E-state index contributed by atoms with van der Waals surface area (Å²) in [6.07, 6.45) is 1.98. The average Bonchev–Trinajstić information content (AvgIpc) is 2.84. The molecule has 1 aromatic rings. The van der Waals surface area contributed by atoms with Crippen molar-refractivity contribution in [1.82, 2.24) is 0 Å². The van der Waals surface area contributed by atoms with Crippen LogP contribution in [0, 0.1) is 5.92 Å². The fourth-order valence-electron chi connectivity index (χ4n) is 3.68. The minimum absolute atomic E-state index is 0.0617. The number of aliphatic imine (C=N–C) groups is 1. The molecule has 110 valence electrons. The number of carbonyl (C=O) groups is 1. The van der Waals surface area contributed by atoms with Crippen LogP contribution in [0.3, 0.4) is 0 Å². The van der Waals surface area contributed by atoms with Crippen molar-refractivity contribution < 1.29 is 9.53 Å². The minimum Gasteiger partial charge on any atom is -0.490 e. The van der Waals surface area contributed by atoms with Crippen LogP contribution in [0.4, 0.5) is 0 Å². The molecule has 2 N–H and O–H groups in total. The van der Waals surface area contributed by atoms with Crippen LogP contribution in [0.5, 0.6) is 5.75 Å². The lowest BCUT2D eigenvalue weighted by Crippen LogP contribution is -2.50. The summed E-state index contributed by atoms with van der Waals surface area (Å²) >= 11 is 5.10. The third-order valence-corrected chi connectivity index (χ3v) is 6.12. The second kappa shape index (κ2) is 4.74. The number of halogens is 1. The van der Waals surface area contributed by atoms with Gasteiger partial charge in [-0.2, -0.15) is 0 Å². The van der Waals surface area contributed by atoms with Gasteiger partial charge in [-0.3, -0.25) is 4.79 Å². The molecule has 1 aliphatic carbocycles. The van der Waals surface area contributed by atoms with E-state index in [2.05, 4.69) is 22.0 Å². The summed E-state index contributed by atoms with van der Waals surface area (Å²) in [4.78, 5) is 16.8. The van der Waals surface area contributed by atoms with Crippen molar-refractivity contribution in [3.8, 4) is 5.75 Å². The lowest BCUT2D eigenvalue weighted by Gasteiger charge is -2.46. The molecule has 4 rings (SSSR count). The Morgan fingerprint density at radius 2 is 2.33 bits per heavy atom. The van der Waals surface area contributed by atoms with Gasteiger partial charge in [0.05, 0.1) is 0 Å². The van der Waals surface area contributed by atoms with Gasteiger partial charge in [-0.1, -0.05) is 27.7 Å². The van der Waals surface area contributed by atoms with Gasteiger partial charge in [0.1, 0.15) is 23.2 Å². The SMILES string of the molecule is NC1=NC2(CS1)c1cc(Br)ccc1O[C@H]1CCC(=O)C[C@@H]12. The molecular formula is C15H15BrN2O2S. The second-order valence-electron chi connectivity index (χ2n) is 5.85. The van der Waals surface area contributed by atoms with E-state index in [1.165, 1.54) is 0 Å². The predicted molar refractivity (Wildman–Crippen MR) is 86.7 cm³/mol. The standard InChI is InChI=1S/C15H15BrN2O2S/c16-8-1-3-12-10(5-8)15(7-21-14(17)18-15)11-6-9(19)2-4-13(11)20-12/h1,3,5,11,13H,2,4,6-7H2,(H2,17,18)/t11-,13-,15?/m0/s1. The molecule has 4 nitrogen and oxygen atoms in total. The zero-order chi connectivity index (χ0) is 14.6. The Bertz CT molecular complexity index is 663. The molecule has 3 aliphatic rings. The maximum Gasteiger partial charge on any atom is 0.154 e. The molecule has 1 unspecified atom stereocenters. The molecule has 2 heterocycles. The van der Waals surface area contributed by atoms with E-state index in [4.69, 9.17) is 15.5 Å². The van der Waals surface area contributed by atoms with Crippen molar-refractivity contribution in [1.29, 1.82) is 0 Å². The number of benzene rings is 1. The zero-order valence-corrected chi connectivity index (χ0v) is 13.7. The normalized spacial score (nSPS) is 34.1. The summed E-state index contributed by atoms with van der Waals surface area (Å²) in [5.74, 6) is 2.07. The van der Waals surface area contributed by atoms with Crippen LogP contribution < -0.4 is 10.5 Å². The van der Waals surface area contributed by atoms with Gasteiger partial charge in [0.15, 0.2) is 5.17 Å². The highest BCUT2D eigenvalue weighted by atomic mass is 79.9. The van der Waals surface area contributed by atoms with Gasteiger partial charge in [-0.15, -0.1) is 0 Å². The minimum atomic E-state index is -0.410. The van der Waals surface area contributed by atoms with Crippen molar-refractivity contribution in [2.45, 2.75) is 30.9 Å². The van der Waals surface area contributed by atoms with Gasteiger partial charge in [-0.25, -0.2) is 4.99 Å². The number of nitrogens with two attached hydrogens (primary N) is 1. The Balaban J connectivity index is 1.91. The van der Waals surface area contributed by atoms with Crippen molar-refractivity contribution in [3.63, 3.8) is 0 Å². The highest BCUT2D eigenvalue weighted by Gasteiger charge is 2.54. The molecule has 21 heavy (non-hydrogen) atoms. The number of hydrogen-bond acceptors (Lipinski definition) is 5. The number of fused-ring (bicyclic) bond motifs is 4. The second-order valence-corrected chi connectivity index (χ2v) is 7.76. The highest BCUT2D eigenvalue weighted by Crippen LogP contribution is 2.54. The van der Waals surface area contributed by atoms with Gasteiger partial charge in [0.2, 0.25) is 0 Å². The molecular weight excluding hydrogens is 352 g/mol. The quantitative estimate of drug-likeness (QED) is 0.766. The highest BCUT2D eigenvalue weighted by molar-refractivity contribution is 9.10. The molecule has 0 saturated heterocycles. The Kier molecular flexibility index (Phi) is 3.08. The maximum atomic E-state index is 12.0. The fourth-order valence-corrected chi connectivity index (χ4v) is 5.07. The van der Waals surface area contributed by atoms with Crippen molar-refractivity contribution in [3.05, 3.63) is 28.2 Å². The van der Waals surface area contributed by atoms with Crippen LogP contribution in [0.1, 0.15) is 24.8 Å². The summed E-state index contributed by atoms with van der Waals surface area (Å²) in [6.45, 7) is 0. The van der Waals surface area contributed by atoms with Crippen LogP contribution in [-0.4, -0.2) is 22.8 Å². The zero-order valence-electron chi connectivity index (χ0n) is 11.3. The monoisotopic (exact) mass is 366 g/mol. The number of rotatable bonds is 0. The topological polar surface area (TPSA) is 64.7 Å². The van der Waals surface area contributed by atoms with Crippen LogP contribution in [0.2, 0.25) is 0 Å².